The number of aryl methyl sites for hydroxylation is 1. The van der Waals surface area contributed by atoms with Gasteiger partial charge in [-0.15, -0.1) is 5.10 Å². The van der Waals surface area contributed by atoms with Crippen LogP contribution in [-0.2, 0) is 18.0 Å². The van der Waals surface area contributed by atoms with Crippen LogP contribution in [0.25, 0.3) is 5.69 Å². The predicted molar refractivity (Wildman–Crippen MR) is 83.1 cm³/mol. The highest BCUT2D eigenvalue weighted by Crippen LogP contribution is 2.13. The molecule has 8 heteroatoms. The fourth-order valence-corrected chi connectivity index (χ4v) is 2.07. The molecule has 0 fully saturated rings. The highest BCUT2D eigenvalue weighted by molar-refractivity contribution is 5.35. The van der Waals surface area contributed by atoms with Gasteiger partial charge in [0.2, 0.25) is 0 Å². The Bertz CT molecular complexity index is 837. The number of hydrogen-bond donors (Lipinski definition) is 0. The number of hydrogen-bond acceptors (Lipinski definition) is 6. The largest absolute Gasteiger partial charge is 0.457 e. The van der Waals surface area contributed by atoms with Gasteiger partial charge in [-0.3, -0.25) is 0 Å². The Hall–Kier alpha value is -2.87. The Morgan fingerprint density at radius 2 is 2.04 bits per heavy atom. The second-order valence-electron chi connectivity index (χ2n) is 5.14. The minimum atomic E-state index is -0.254. The molecular formula is C16H16FN5O2. The van der Waals surface area contributed by atoms with Gasteiger partial charge in [-0.2, -0.15) is 4.98 Å². The van der Waals surface area contributed by atoms with Gasteiger partial charge in [0.05, 0.1) is 24.2 Å². The van der Waals surface area contributed by atoms with Crippen LogP contribution < -0.4 is 4.74 Å². The molecule has 0 aliphatic rings. The van der Waals surface area contributed by atoms with Crippen molar-refractivity contribution in [3.63, 3.8) is 0 Å². The van der Waals surface area contributed by atoms with Gasteiger partial charge >= 0.3 is 6.01 Å². The maximum absolute atomic E-state index is 13.3. The first-order valence-corrected chi connectivity index (χ1v) is 7.27. The van der Waals surface area contributed by atoms with E-state index in [1.54, 1.807) is 49.3 Å². The molecule has 2 aromatic heterocycles. The molecule has 0 saturated carbocycles. The fourth-order valence-electron chi connectivity index (χ4n) is 2.07. The number of ether oxygens (including phenoxy) is 2. The summed E-state index contributed by atoms with van der Waals surface area (Å²) in [6.45, 7) is 2.26. The summed E-state index contributed by atoms with van der Waals surface area (Å²) >= 11 is 0. The van der Waals surface area contributed by atoms with E-state index in [1.165, 1.54) is 6.07 Å². The van der Waals surface area contributed by atoms with E-state index in [1.807, 2.05) is 0 Å². The van der Waals surface area contributed by atoms with E-state index >= 15 is 0 Å². The lowest BCUT2D eigenvalue weighted by Gasteiger charge is -2.04. The predicted octanol–water partition coefficient (Wildman–Crippen LogP) is 2.23. The number of aromatic nitrogens is 5. The van der Waals surface area contributed by atoms with Crippen molar-refractivity contribution < 1.29 is 13.9 Å². The van der Waals surface area contributed by atoms with Crippen molar-refractivity contribution in [3.05, 3.63) is 59.4 Å². The summed E-state index contributed by atoms with van der Waals surface area (Å²) in [5.41, 5.74) is 2.61. The molecule has 2 heterocycles. The minimum absolute atomic E-state index is 0.177. The van der Waals surface area contributed by atoms with Crippen LogP contribution in [0.3, 0.4) is 0 Å². The van der Waals surface area contributed by atoms with Crippen LogP contribution in [0, 0.1) is 12.7 Å². The highest BCUT2D eigenvalue weighted by atomic mass is 19.1. The van der Waals surface area contributed by atoms with Crippen LogP contribution in [0.15, 0.2) is 36.7 Å². The molecule has 0 bridgehead atoms. The van der Waals surface area contributed by atoms with Crippen molar-refractivity contribution in [1.29, 1.82) is 0 Å². The molecule has 0 aliphatic carbocycles. The first-order chi connectivity index (χ1) is 11.7. The molecule has 0 amide bonds. The topological polar surface area (TPSA) is 75.0 Å². The maximum atomic E-state index is 13.3. The number of methoxy groups -OCH3 is 1. The second-order valence-corrected chi connectivity index (χ2v) is 5.14. The Kier molecular flexibility index (Phi) is 4.76. The van der Waals surface area contributed by atoms with E-state index in [9.17, 15) is 4.39 Å². The molecule has 0 atom stereocenters. The van der Waals surface area contributed by atoms with Gasteiger partial charge in [0.15, 0.2) is 0 Å². The lowest BCUT2D eigenvalue weighted by molar-refractivity contribution is 0.179. The van der Waals surface area contributed by atoms with Crippen molar-refractivity contribution in [1.82, 2.24) is 25.0 Å². The molecule has 3 aromatic rings. The molecule has 0 saturated heterocycles. The van der Waals surface area contributed by atoms with Crippen LogP contribution >= 0.6 is 0 Å². The number of benzene rings is 1. The van der Waals surface area contributed by atoms with E-state index in [0.717, 1.165) is 11.4 Å². The minimum Gasteiger partial charge on any atom is -0.457 e. The molecule has 0 aliphatic heterocycles. The quantitative estimate of drug-likeness (QED) is 0.690. The summed E-state index contributed by atoms with van der Waals surface area (Å²) in [7, 11) is 1.60. The average molecular weight is 329 g/mol. The van der Waals surface area contributed by atoms with Gasteiger partial charge in [0, 0.05) is 13.3 Å². The third-order valence-corrected chi connectivity index (χ3v) is 3.28. The summed E-state index contributed by atoms with van der Waals surface area (Å²) < 4.78 is 25.4. The first-order valence-electron chi connectivity index (χ1n) is 7.27. The van der Waals surface area contributed by atoms with E-state index < -0.39 is 0 Å². The molecule has 0 radical (unpaired) electrons. The normalized spacial score (nSPS) is 10.8. The summed E-state index contributed by atoms with van der Waals surface area (Å²) in [6, 6.07) is 6.74. The van der Waals surface area contributed by atoms with Gasteiger partial charge in [0.1, 0.15) is 18.1 Å². The third-order valence-electron chi connectivity index (χ3n) is 3.28. The smallest absolute Gasteiger partial charge is 0.317 e. The zero-order chi connectivity index (χ0) is 16.9. The summed E-state index contributed by atoms with van der Waals surface area (Å²) in [5, 5.41) is 8.05. The number of nitrogens with zero attached hydrogens (tertiary/aromatic N) is 5. The van der Waals surface area contributed by atoms with Crippen LogP contribution in [0.2, 0.25) is 0 Å². The molecule has 0 unspecified atom stereocenters. The zero-order valence-corrected chi connectivity index (χ0v) is 13.3. The standard InChI is InChI=1S/C16H16FN5O2/c1-11-7-14(3-4-15(11)17)22-8-13(20-21-22)10-24-16-18-6-5-12(19-16)9-23-2/h3-8H,9-10H2,1-2H3. The number of halogens is 1. The van der Waals surface area contributed by atoms with Gasteiger partial charge in [-0.25, -0.2) is 14.1 Å². The third kappa shape index (κ3) is 3.72. The van der Waals surface area contributed by atoms with E-state index in [4.69, 9.17) is 9.47 Å². The summed E-state index contributed by atoms with van der Waals surface area (Å²) in [4.78, 5) is 8.25. The maximum Gasteiger partial charge on any atom is 0.317 e. The SMILES string of the molecule is COCc1ccnc(OCc2cn(-c3ccc(F)c(C)c3)nn2)n1. The van der Waals surface area contributed by atoms with Gasteiger partial charge in [0.25, 0.3) is 0 Å². The van der Waals surface area contributed by atoms with Crippen molar-refractivity contribution in [2.24, 2.45) is 0 Å². The van der Waals surface area contributed by atoms with E-state index in [0.29, 0.717) is 17.9 Å². The van der Waals surface area contributed by atoms with Crippen molar-refractivity contribution in [2.75, 3.05) is 7.11 Å². The summed E-state index contributed by atoms with van der Waals surface area (Å²) in [6.07, 6.45) is 3.32. The first kappa shape index (κ1) is 16.0. The molecule has 0 spiro atoms. The Balaban J connectivity index is 1.68. The molecule has 1 aromatic carbocycles. The van der Waals surface area contributed by atoms with Crippen LogP contribution in [0.4, 0.5) is 4.39 Å². The monoisotopic (exact) mass is 329 g/mol. The van der Waals surface area contributed by atoms with E-state index in [-0.39, 0.29) is 18.4 Å². The lowest BCUT2D eigenvalue weighted by atomic mass is 10.2. The lowest BCUT2D eigenvalue weighted by Crippen LogP contribution is -2.02. The van der Waals surface area contributed by atoms with Crippen molar-refractivity contribution in [3.8, 4) is 11.7 Å². The second kappa shape index (κ2) is 7.14. The van der Waals surface area contributed by atoms with Crippen molar-refractivity contribution >= 4 is 0 Å². The Morgan fingerprint density at radius 3 is 2.83 bits per heavy atom. The molecule has 3 rings (SSSR count). The zero-order valence-electron chi connectivity index (χ0n) is 13.3. The average Bonchev–Trinajstić information content (AvgIpc) is 3.05. The van der Waals surface area contributed by atoms with Crippen molar-refractivity contribution in [2.45, 2.75) is 20.1 Å². The molecule has 24 heavy (non-hydrogen) atoms. The number of rotatable bonds is 6. The van der Waals surface area contributed by atoms with E-state index in [2.05, 4.69) is 20.3 Å². The fraction of sp³-hybridized carbons (Fsp3) is 0.250. The summed E-state index contributed by atoms with van der Waals surface area (Å²) in [5.74, 6) is -0.254. The van der Waals surface area contributed by atoms with Crippen LogP contribution in [0.1, 0.15) is 17.0 Å². The molecule has 7 nitrogen and oxygen atoms in total. The van der Waals surface area contributed by atoms with Gasteiger partial charge in [-0.1, -0.05) is 5.21 Å². The molecular weight excluding hydrogens is 313 g/mol. The van der Waals surface area contributed by atoms with Crippen LogP contribution in [0.5, 0.6) is 6.01 Å². The molecule has 0 N–H and O–H groups in total. The Morgan fingerprint density at radius 1 is 1.17 bits per heavy atom. The van der Waals surface area contributed by atoms with Gasteiger partial charge < -0.3 is 9.47 Å². The van der Waals surface area contributed by atoms with Crippen LogP contribution in [-0.4, -0.2) is 32.1 Å². The Labute approximate surface area is 138 Å². The highest BCUT2D eigenvalue weighted by Gasteiger charge is 2.07. The van der Waals surface area contributed by atoms with Gasteiger partial charge in [-0.05, 0) is 36.8 Å². The molecule has 124 valence electrons.